The van der Waals surface area contributed by atoms with Crippen LogP contribution in [-0.2, 0) is 28.9 Å². The summed E-state index contributed by atoms with van der Waals surface area (Å²) in [4.78, 5) is 45.4. The lowest BCUT2D eigenvalue weighted by atomic mass is 9.95. The zero-order valence-corrected chi connectivity index (χ0v) is 21.7. The summed E-state index contributed by atoms with van der Waals surface area (Å²) in [5.41, 5.74) is 2.44. The molecule has 0 saturated heterocycles. The van der Waals surface area contributed by atoms with Crippen LogP contribution in [0.1, 0.15) is 49.6 Å². The molecule has 1 aliphatic carbocycles. The van der Waals surface area contributed by atoms with Crippen LogP contribution < -0.4 is 16.4 Å². The van der Waals surface area contributed by atoms with E-state index >= 15 is 0 Å². The largest absolute Gasteiger partial charge is 0.465 e. The molecule has 0 saturated carbocycles. The molecule has 0 spiro atoms. The van der Waals surface area contributed by atoms with Gasteiger partial charge in [-0.1, -0.05) is 6.07 Å². The summed E-state index contributed by atoms with van der Waals surface area (Å²) in [6, 6.07) is 5.03. The molecule has 11 heteroatoms. The highest BCUT2D eigenvalue weighted by molar-refractivity contribution is 7.17. The number of esters is 1. The quantitative estimate of drug-likeness (QED) is 0.297. The molecule has 192 valence electrons. The molecule has 4 heterocycles. The van der Waals surface area contributed by atoms with Crippen molar-refractivity contribution in [1.29, 1.82) is 5.41 Å². The molecule has 10 nitrogen and oxygen atoms in total. The van der Waals surface area contributed by atoms with Crippen LogP contribution >= 0.6 is 11.3 Å². The van der Waals surface area contributed by atoms with Crippen molar-refractivity contribution in [2.75, 3.05) is 26.1 Å². The van der Waals surface area contributed by atoms with Gasteiger partial charge in [0.15, 0.2) is 0 Å². The fourth-order valence-electron chi connectivity index (χ4n) is 4.81. The van der Waals surface area contributed by atoms with Gasteiger partial charge in [0.2, 0.25) is 0 Å². The second-order valence-electron chi connectivity index (χ2n) is 8.95. The monoisotopic (exact) mass is 521 g/mol. The molecular formula is C26H27N5O5S. The molecule has 4 aromatic heterocycles. The number of pyridine rings is 2. The number of amides is 1. The van der Waals surface area contributed by atoms with E-state index in [0.717, 1.165) is 41.7 Å². The van der Waals surface area contributed by atoms with Gasteiger partial charge in [0.1, 0.15) is 21.8 Å². The maximum absolute atomic E-state index is 13.6. The Morgan fingerprint density at radius 3 is 2.76 bits per heavy atom. The predicted octanol–water partition coefficient (Wildman–Crippen LogP) is 3.06. The third-order valence-electron chi connectivity index (χ3n) is 6.69. The third kappa shape index (κ3) is 4.23. The highest BCUT2D eigenvalue weighted by atomic mass is 32.1. The van der Waals surface area contributed by atoms with E-state index in [9.17, 15) is 14.4 Å². The maximum Gasteiger partial charge on any atom is 0.341 e. The number of fused-ring (bicyclic) bond motifs is 3. The van der Waals surface area contributed by atoms with Crippen LogP contribution in [0.4, 0.5) is 5.00 Å². The molecule has 2 N–H and O–H groups in total. The van der Waals surface area contributed by atoms with Gasteiger partial charge < -0.3 is 19.4 Å². The number of rotatable bonds is 6. The second kappa shape index (κ2) is 9.91. The Bertz CT molecular complexity index is 1680. The Balaban J connectivity index is 1.68. The molecule has 5 rings (SSSR count). The van der Waals surface area contributed by atoms with Gasteiger partial charge in [-0.3, -0.25) is 19.4 Å². The zero-order chi connectivity index (χ0) is 26.3. The lowest BCUT2D eigenvalue weighted by molar-refractivity contribution is 0.0601. The average Bonchev–Trinajstić information content (AvgIpc) is 3.26. The number of anilines is 1. The standard InChI is InChI=1S/C26H27N5O5S/c1-14-7-6-10-31-21(14)28-22-17(25(31)33)13-16(20(27)30(22)11-12-35-2)23(32)29-24-19(26(34)36-3)15-8-4-5-9-18(15)37-24/h6-7,10,13,27H,4-5,8-9,11-12H2,1-3H3,(H,29,32). The van der Waals surface area contributed by atoms with Crippen LogP contribution in [-0.4, -0.2) is 46.7 Å². The van der Waals surface area contributed by atoms with Crippen molar-refractivity contribution in [3.63, 3.8) is 0 Å². The Morgan fingerprint density at radius 1 is 1.22 bits per heavy atom. The fraction of sp³-hybridized carbons (Fsp3) is 0.346. The number of aromatic nitrogens is 3. The fourth-order valence-corrected chi connectivity index (χ4v) is 6.08. The summed E-state index contributed by atoms with van der Waals surface area (Å²) in [6.45, 7) is 2.34. The van der Waals surface area contributed by atoms with Crippen molar-refractivity contribution >= 4 is 44.9 Å². The van der Waals surface area contributed by atoms with Gasteiger partial charge in [-0.15, -0.1) is 11.3 Å². The molecule has 1 aliphatic rings. The van der Waals surface area contributed by atoms with Crippen LogP contribution in [0.15, 0.2) is 29.2 Å². The first-order chi connectivity index (χ1) is 17.8. The SMILES string of the molecule is COCCn1c(=N)c(C(=O)Nc2sc3c(c2C(=O)OC)CCCC3)cc2c(=O)n3cccc(C)c3nc21. The molecule has 0 bridgehead atoms. The molecule has 37 heavy (non-hydrogen) atoms. The number of thiophene rings is 1. The zero-order valence-electron chi connectivity index (χ0n) is 20.8. The maximum atomic E-state index is 13.6. The predicted molar refractivity (Wildman–Crippen MR) is 140 cm³/mol. The van der Waals surface area contributed by atoms with Gasteiger partial charge in [-0.25, -0.2) is 9.78 Å². The number of nitrogens with one attached hydrogen (secondary N) is 2. The number of carbonyl (C=O) groups is 2. The van der Waals surface area contributed by atoms with Crippen LogP contribution in [0.25, 0.3) is 16.7 Å². The van der Waals surface area contributed by atoms with E-state index in [4.69, 9.17) is 14.9 Å². The average molecular weight is 522 g/mol. The van der Waals surface area contributed by atoms with Crippen LogP contribution in [0.5, 0.6) is 0 Å². The van der Waals surface area contributed by atoms with Crippen LogP contribution in [0.2, 0.25) is 0 Å². The molecule has 4 aromatic rings. The lowest BCUT2D eigenvalue weighted by Crippen LogP contribution is -2.33. The molecule has 1 amide bonds. The number of carbonyl (C=O) groups excluding carboxylic acids is 2. The molecule has 0 unspecified atom stereocenters. The van der Waals surface area contributed by atoms with Gasteiger partial charge in [-0.2, -0.15) is 0 Å². The minimum absolute atomic E-state index is 0.00251. The van der Waals surface area contributed by atoms with Gasteiger partial charge in [0.25, 0.3) is 11.5 Å². The minimum Gasteiger partial charge on any atom is -0.465 e. The number of methoxy groups -OCH3 is 2. The summed E-state index contributed by atoms with van der Waals surface area (Å²) < 4.78 is 13.2. The Kier molecular flexibility index (Phi) is 6.65. The summed E-state index contributed by atoms with van der Waals surface area (Å²) in [6.07, 6.45) is 5.20. The Labute approximate surface area is 216 Å². The van der Waals surface area contributed by atoms with Crippen molar-refractivity contribution in [3.8, 4) is 0 Å². The van der Waals surface area contributed by atoms with Crippen molar-refractivity contribution < 1.29 is 19.1 Å². The summed E-state index contributed by atoms with van der Waals surface area (Å²) in [5, 5.41) is 12.3. The minimum atomic E-state index is -0.587. The van der Waals surface area contributed by atoms with E-state index in [1.807, 2.05) is 13.0 Å². The van der Waals surface area contributed by atoms with Gasteiger partial charge >= 0.3 is 5.97 Å². The summed E-state index contributed by atoms with van der Waals surface area (Å²) in [7, 11) is 2.86. The van der Waals surface area contributed by atoms with Gasteiger partial charge in [-0.05, 0) is 55.9 Å². The first kappa shape index (κ1) is 24.8. The number of hydrogen-bond acceptors (Lipinski definition) is 8. The first-order valence-corrected chi connectivity index (χ1v) is 12.8. The Hall–Kier alpha value is -3.83. The van der Waals surface area contributed by atoms with Crippen LogP contribution in [0.3, 0.4) is 0 Å². The molecule has 0 radical (unpaired) electrons. The van der Waals surface area contributed by atoms with Crippen molar-refractivity contribution in [1.82, 2.24) is 14.0 Å². The van der Waals surface area contributed by atoms with Crippen LogP contribution in [0, 0.1) is 12.3 Å². The summed E-state index contributed by atoms with van der Waals surface area (Å²) in [5.74, 6) is -1.09. The smallest absolute Gasteiger partial charge is 0.341 e. The van der Waals surface area contributed by atoms with Crippen molar-refractivity contribution in [2.24, 2.45) is 0 Å². The van der Waals surface area contributed by atoms with E-state index in [2.05, 4.69) is 10.3 Å². The lowest BCUT2D eigenvalue weighted by Gasteiger charge is -2.15. The topological polar surface area (TPSA) is 128 Å². The van der Waals surface area contributed by atoms with E-state index in [1.165, 1.54) is 40.6 Å². The van der Waals surface area contributed by atoms with Gasteiger partial charge in [0.05, 0.1) is 30.2 Å². The van der Waals surface area contributed by atoms with E-state index in [1.54, 1.807) is 12.3 Å². The van der Waals surface area contributed by atoms with E-state index in [0.29, 0.717) is 21.9 Å². The Morgan fingerprint density at radius 2 is 2.00 bits per heavy atom. The highest BCUT2D eigenvalue weighted by Crippen LogP contribution is 2.38. The van der Waals surface area contributed by atoms with Crippen molar-refractivity contribution in [3.05, 3.63) is 67.4 Å². The second-order valence-corrected chi connectivity index (χ2v) is 10.1. The van der Waals surface area contributed by atoms with Crippen molar-refractivity contribution in [2.45, 2.75) is 39.2 Å². The number of hydrogen-bond donors (Lipinski definition) is 2. The number of ether oxygens (including phenoxy) is 2. The molecule has 0 aromatic carbocycles. The molecule has 0 atom stereocenters. The molecule has 0 aliphatic heterocycles. The molecule has 0 fully saturated rings. The normalized spacial score (nSPS) is 13.1. The first-order valence-electron chi connectivity index (χ1n) is 12.0. The summed E-state index contributed by atoms with van der Waals surface area (Å²) >= 11 is 1.36. The number of aryl methyl sites for hydroxylation is 2. The van der Waals surface area contributed by atoms with Gasteiger partial charge in [0, 0.05) is 24.7 Å². The van der Waals surface area contributed by atoms with E-state index in [-0.39, 0.29) is 35.1 Å². The molecular weight excluding hydrogens is 494 g/mol. The third-order valence-corrected chi connectivity index (χ3v) is 7.89. The van der Waals surface area contributed by atoms with E-state index < -0.39 is 11.9 Å². The number of nitrogens with zero attached hydrogens (tertiary/aromatic N) is 3. The highest BCUT2D eigenvalue weighted by Gasteiger charge is 2.28.